The van der Waals surface area contributed by atoms with Gasteiger partial charge in [-0.15, -0.1) is 0 Å². The van der Waals surface area contributed by atoms with Crippen molar-refractivity contribution in [2.45, 2.75) is 38.5 Å². The smallest absolute Gasteiger partial charge is 0.317 e. The van der Waals surface area contributed by atoms with Crippen molar-refractivity contribution in [3.8, 4) is 0 Å². The highest BCUT2D eigenvalue weighted by Gasteiger charge is 2.78. The van der Waals surface area contributed by atoms with E-state index in [0.29, 0.717) is 12.8 Å². The van der Waals surface area contributed by atoms with Crippen LogP contribution in [0.25, 0.3) is 0 Å². The molecule has 5 aliphatic carbocycles. The Balaban J connectivity index is 1.27. The third-order valence-electron chi connectivity index (χ3n) is 9.85. The molecule has 7 rings (SSSR count). The van der Waals surface area contributed by atoms with Crippen molar-refractivity contribution in [3.63, 3.8) is 0 Å². The Hall–Kier alpha value is -2.05. The highest BCUT2D eigenvalue weighted by atomic mass is 16.6. The lowest BCUT2D eigenvalue weighted by molar-refractivity contribution is -0.156. The number of Topliss-reactive ketones (excluding diaryl/α,β-unsaturated/α-hetero) is 1. The summed E-state index contributed by atoms with van der Waals surface area (Å²) in [5, 5.41) is 0. The highest BCUT2D eigenvalue weighted by molar-refractivity contribution is 6.02. The predicted octanol–water partition coefficient (Wildman–Crippen LogP) is 1.03. The van der Waals surface area contributed by atoms with Crippen molar-refractivity contribution in [3.05, 3.63) is 0 Å². The molecule has 146 valence electrons. The summed E-state index contributed by atoms with van der Waals surface area (Å²) in [6.07, 6.45) is 4.27. The number of ketones is 1. The number of esters is 4. The number of hydrogen-bond acceptors (Lipinski definition) is 7. The van der Waals surface area contributed by atoms with E-state index in [4.69, 9.17) is 9.47 Å². The van der Waals surface area contributed by atoms with Crippen LogP contribution in [0.5, 0.6) is 0 Å². The topological polar surface area (TPSA) is 104 Å². The fourth-order valence-electron chi connectivity index (χ4n) is 9.16. The monoisotopic (exact) mass is 384 g/mol. The van der Waals surface area contributed by atoms with Crippen molar-refractivity contribution in [2.75, 3.05) is 0 Å². The maximum atomic E-state index is 14.0. The van der Waals surface area contributed by atoms with Gasteiger partial charge in [-0.05, 0) is 62.2 Å². The molecule has 28 heavy (non-hydrogen) atoms. The number of carbonyl (C=O) groups is 5. The van der Waals surface area contributed by atoms with Crippen LogP contribution in [-0.2, 0) is 33.4 Å². The van der Waals surface area contributed by atoms with Crippen LogP contribution >= 0.6 is 0 Å². The fraction of sp³-hybridized carbons (Fsp3) is 0.762. The lowest BCUT2D eigenvalue weighted by Gasteiger charge is -2.41. The largest absolute Gasteiger partial charge is 0.393 e. The van der Waals surface area contributed by atoms with E-state index in [2.05, 4.69) is 0 Å². The van der Waals surface area contributed by atoms with Crippen molar-refractivity contribution < 1.29 is 33.4 Å². The number of ether oxygens (including phenoxy) is 2. The van der Waals surface area contributed by atoms with Crippen LogP contribution in [0, 0.1) is 58.2 Å². The zero-order valence-corrected chi connectivity index (χ0v) is 15.2. The Morgan fingerprint density at radius 1 is 0.607 bits per heavy atom. The van der Waals surface area contributed by atoms with Crippen LogP contribution in [-0.4, -0.2) is 29.7 Å². The van der Waals surface area contributed by atoms with Gasteiger partial charge in [0.2, 0.25) is 0 Å². The molecule has 7 nitrogen and oxygen atoms in total. The number of hydrogen-bond donors (Lipinski definition) is 0. The summed E-state index contributed by atoms with van der Waals surface area (Å²) in [6, 6.07) is 0. The molecule has 0 N–H and O–H groups in total. The summed E-state index contributed by atoms with van der Waals surface area (Å²) in [6.45, 7) is 0. The number of carbonyl (C=O) groups excluding carboxylic acids is 5. The number of fused-ring (bicyclic) bond motifs is 12. The van der Waals surface area contributed by atoms with Gasteiger partial charge in [0.25, 0.3) is 0 Å². The summed E-state index contributed by atoms with van der Waals surface area (Å²) in [4.78, 5) is 62.8. The van der Waals surface area contributed by atoms with Gasteiger partial charge in [-0.1, -0.05) is 0 Å². The van der Waals surface area contributed by atoms with Crippen LogP contribution in [0.2, 0.25) is 0 Å². The third-order valence-corrected chi connectivity index (χ3v) is 9.85. The molecular formula is C21H20O7. The van der Waals surface area contributed by atoms with E-state index in [0.717, 1.165) is 25.7 Å². The first-order valence-corrected chi connectivity index (χ1v) is 10.4. The molecule has 10 atom stereocenters. The molecule has 6 unspecified atom stereocenters. The van der Waals surface area contributed by atoms with Gasteiger partial charge in [0.15, 0.2) is 0 Å². The molecule has 0 aromatic heterocycles. The van der Waals surface area contributed by atoms with Crippen LogP contribution in [0.4, 0.5) is 0 Å². The van der Waals surface area contributed by atoms with Gasteiger partial charge in [-0.3, -0.25) is 24.0 Å². The molecule has 7 heteroatoms. The normalized spacial score (nSPS) is 57.6. The minimum absolute atomic E-state index is 0.0532. The fourth-order valence-corrected chi connectivity index (χ4v) is 9.16. The molecule has 2 heterocycles. The van der Waals surface area contributed by atoms with E-state index in [1.165, 1.54) is 0 Å². The van der Waals surface area contributed by atoms with E-state index >= 15 is 0 Å². The van der Waals surface area contributed by atoms with Gasteiger partial charge in [0.05, 0.1) is 23.7 Å². The minimum Gasteiger partial charge on any atom is -0.393 e. The van der Waals surface area contributed by atoms with Crippen molar-refractivity contribution in [1.82, 2.24) is 0 Å². The third kappa shape index (κ3) is 1.40. The minimum atomic E-state index is -0.554. The average Bonchev–Trinajstić information content (AvgIpc) is 3.46. The van der Waals surface area contributed by atoms with Crippen molar-refractivity contribution in [1.29, 1.82) is 0 Å². The predicted molar refractivity (Wildman–Crippen MR) is 87.7 cm³/mol. The molecule has 5 saturated carbocycles. The zero-order valence-electron chi connectivity index (χ0n) is 15.2. The van der Waals surface area contributed by atoms with Crippen LogP contribution in [0.1, 0.15) is 38.5 Å². The summed E-state index contributed by atoms with van der Waals surface area (Å²) >= 11 is 0. The molecular weight excluding hydrogens is 364 g/mol. The first-order valence-electron chi connectivity index (χ1n) is 10.4. The standard InChI is InChI=1S/C21H20O7/c22-15-11-7-3-9(13(11)17(24)27-15)20(5-7)1-2-21(19(20)26)6-8-4-10(21)14-12(8)16(23)28-18(14)25/h7-14H,1-6H2/t7-,8-,9?,10?,11?,12?,13?,14?,20-,21-/m1/s1. The Morgan fingerprint density at radius 3 is 1.43 bits per heavy atom. The van der Waals surface area contributed by atoms with Gasteiger partial charge in [0, 0.05) is 10.8 Å². The molecule has 2 saturated heterocycles. The molecule has 2 aliphatic heterocycles. The Morgan fingerprint density at radius 2 is 1.00 bits per heavy atom. The second-order valence-corrected chi connectivity index (χ2v) is 10.3. The van der Waals surface area contributed by atoms with E-state index in [1.807, 2.05) is 0 Å². The van der Waals surface area contributed by atoms with Crippen molar-refractivity contribution >= 4 is 29.7 Å². The van der Waals surface area contributed by atoms with E-state index in [-0.39, 0.29) is 41.3 Å². The maximum absolute atomic E-state index is 14.0. The van der Waals surface area contributed by atoms with Gasteiger partial charge < -0.3 is 9.47 Å². The van der Waals surface area contributed by atoms with E-state index in [9.17, 15) is 24.0 Å². The Kier molecular flexibility index (Phi) is 2.49. The van der Waals surface area contributed by atoms with Crippen LogP contribution < -0.4 is 0 Å². The second-order valence-electron chi connectivity index (χ2n) is 10.3. The van der Waals surface area contributed by atoms with Crippen LogP contribution in [0.3, 0.4) is 0 Å². The number of cyclic esters (lactones) is 4. The lowest BCUT2D eigenvalue weighted by atomic mass is 9.58. The highest BCUT2D eigenvalue weighted by Crippen LogP contribution is 2.75. The van der Waals surface area contributed by atoms with Gasteiger partial charge in [-0.25, -0.2) is 0 Å². The van der Waals surface area contributed by atoms with Crippen LogP contribution in [0.15, 0.2) is 0 Å². The Bertz CT molecular complexity index is 850. The quantitative estimate of drug-likeness (QED) is 0.454. The molecule has 2 spiro atoms. The molecule has 4 bridgehead atoms. The lowest BCUT2D eigenvalue weighted by Crippen LogP contribution is -2.48. The van der Waals surface area contributed by atoms with Gasteiger partial charge in [-0.2, -0.15) is 0 Å². The summed E-state index contributed by atoms with van der Waals surface area (Å²) < 4.78 is 9.82. The molecule has 0 radical (unpaired) electrons. The van der Waals surface area contributed by atoms with E-state index in [1.54, 1.807) is 0 Å². The Labute approximate surface area is 160 Å². The molecule has 0 amide bonds. The summed E-state index contributed by atoms with van der Waals surface area (Å²) in [7, 11) is 0. The summed E-state index contributed by atoms with van der Waals surface area (Å²) in [5.41, 5.74) is -1.11. The zero-order chi connectivity index (χ0) is 19.2. The maximum Gasteiger partial charge on any atom is 0.317 e. The van der Waals surface area contributed by atoms with Crippen molar-refractivity contribution in [2.24, 2.45) is 58.2 Å². The summed E-state index contributed by atoms with van der Waals surface area (Å²) in [5.74, 6) is -3.28. The molecule has 7 fully saturated rings. The molecule has 0 aromatic carbocycles. The van der Waals surface area contributed by atoms with E-state index < -0.39 is 46.5 Å². The second kappa shape index (κ2) is 4.41. The van der Waals surface area contributed by atoms with Gasteiger partial charge in [0.1, 0.15) is 5.78 Å². The SMILES string of the molecule is O=C1OC(=O)C2C1C1C[C@@H]2C[C@]12CC[C@]1(C[C@H]3CC1C1C(=O)OC(=O)C13)C2=O. The van der Waals surface area contributed by atoms with Gasteiger partial charge >= 0.3 is 23.9 Å². The average molecular weight is 384 g/mol. The first kappa shape index (κ1) is 15.8. The first-order chi connectivity index (χ1) is 13.4. The number of rotatable bonds is 0. The molecule has 7 aliphatic rings. The molecule has 0 aromatic rings.